The molecule has 10 heteroatoms. The van der Waals surface area contributed by atoms with Crippen LogP contribution in [-0.4, -0.2) is 35.1 Å². The van der Waals surface area contributed by atoms with Gasteiger partial charge in [0.15, 0.2) is 0 Å². The van der Waals surface area contributed by atoms with E-state index in [0.29, 0.717) is 34.6 Å². The van der Waals surface area contributed by atoms with Crippen LogP contribution < -0.4 is 11.5 Å². The highest BCUT2D eigenvalue weighted by Crippen LogP contribution is 2.24. The fraction of sp³-hybridized carbons (Fsp3) is 0.143. The highest BCUT2D eigenvalue weighted by atomic mass is 35.5. The molecule has 196 valence electrons. The first kappa shape index (κ1) is 28.4. The van der Waals surface area contributed by atoms with Crippen molar-refractivity contribution < 1.29 is 19.1 Å². The molecule has 0 aliphatic rings. The number of aromatic nitrogens is 2. The van der Waals surface area contributed by atoms with Crippen molar-refractivity contribution in [2.24, 2.45) is 0 Å². The molecule has 4 N–H and O–H groups in total. The number of nitrogen functional groups attached to an aromatic ring is 2. The second kappa shape index (κ2) is 13.4. The number of nitrogens with zero attached hydrogens (tertiary/aromatic N) is 2. The first-order chi connectivity index (χ1) is 18.2. The maximum Gasteiger partial charge on any atom is 0.341 e. The van der Waals surface area contributed by atoms with Crippen molar-refractivity contribution in [2.75, 3.05) is 24.7 Å². The quantitative estimate of drug-likeness (QED) is 0.265. The van der Waals surface area contributed by atoms with Crippen LogP contribution in [0.15, 0.2) is 72.8 Å². The molecule has 2 heterocycles. The number of carbonyl (C=O) groups excluding carboxylic acids is 2. The molecule has 0 atom stereocenters. The van der Waals surface area contributed by atoms with Crippen molar-refractivity contribution >= 4 is 46.8 Å². The van der Waals surface area contributed by atoms with E-state index in [1.54, 1.807) is 62.4 Å². The van der Waals surface area contributed by atoms with Gasteiger partial charge in [-0.2, -0.15) is 0 Å². The third-order valence-electron chi connectivity index (χ3n) is 5.12. The zero-order valence-corrected chi connectivity index (χ0v) is 22.3. The van der Waals surface area contributed by atoms with Gasteiger partial charge in [0.25, 0.3) is 0 Å². The van der Waals surface area contributed by atoms with Crippen molar-refractivity contribution in [2.45, 2.75) is 13.8 Å². The molecule has 0 unspecified atom stereocenters. The van der Waals surface area contributed by atoms with Crippen LogP contribution in [0.5, 0.6) is 0 Å². The Morgan fingerprint density at radius 2 is 0.974 bits per heavy atom. The lowest BCUT2D eigenvalue weighted by Gasteiger charge is -2.07. The molecular formula is C28H26Cl2N4O4. The Hall–Kier alpha value is -4.14. The van der Waals surface area contributed by atoms with Gasteiger partial charge in [-0.05, 0) is 62.4 Å². The monoisotopic (exact) mass is 552 g/mol. The zero-order chi connectivity index (χ0) is 27.7. The van der Waals surface area contributed by atoms with Crippen molar-refractivity contribution in [3.63, 3.8) is 0 Å². The smallest absolute Gasteiger partial charge is 0.341 e. The van der Waals surface area contributed by atoms with E-state index in [4.69, 9.17) is 44.1 Å². The number of carbonyl (C=O) groups is 2. The van der Waals surface area contributed by atoms with Crippen LogP contribution in [0.25, 0.3) is 22.5 Å². The van der Waals surface area contributed by atoms with Gasteiger partial charge in [0.2, 0.25) is 0 Å². The Kier molecular flexibility index (Phi) is 10.0. The number of rotatable bonds is 6. The molecule has 4 rings (SSSR count). The van der Waals surface area contributed by atoms with E-state index in [9.17, 15) is 9.59 Å². The van der Waals surface area contributed by atoms with Gasteiger partial charge in [-0.1, -0.05) is 47.5 Å². The predicted molar refractivity (Wildman–Crippen MR) is 150 cm³/mol. The van der Waals surface area contributed by atoms with E-state index < -0.39 is 11.9 Å². The molecule has 0 radical (unpaired) electrons. The van der Waals surface area contributed by atoms with E-state index in [2.05, 4.69) is 9.97 Å². The van der Waals surface area contributed by atoms with Crippen LogP contribution in [0.2, 0.25) is 10.0 Å². The fourth-order valence-electron chi connectivity index (χ4n) is 3.28. The summed E-state index contributed by atoms with van der Waals surface area (Å²) in [5.74, 6) is -0.609. The van der Waals surface area contributed by atoms with E-state index in [-0.39, 0.29) is 22.8 Å². The molecule has 0 aliphatic carbocycles. The van der Waals surface area contributed by atoms with Crippen molar-refractivity contribution in [1.29, 1.82) is 0 Å². The fourth-order valence-corrected chi connectivity index (χ4v) is 3.53. The molecule has 2 aromatic heterocycles. The van der Waals surface area contributed by atoms with Gasteiger partial charge in [0, 0.05) is 21.2 Å². The number of hydrogen-bond acceptors (Lipinski definition) is 8. The summed E-state index contributed by atoms with van der Waals surface area (Å²) in [6, 6.07) is 21.1. The second-order valence-electron chi connectivity index (χ2n) is 7.71. The van der Waals surface area contributed by atoms with Gasteiger partial charge in [0.05, 0.1) is 24.6 Å². The maximum atomic E-state index is 11.6. The topological polar surface area (TPSA) is 130 Å². The largest absolute Gasteiger partial charge is 0.462 e. The molecule has 2 aromatic carbocycles. The van der Waals surface area contributed by atoms with Gasteiger partial charge in [-0.15, -0.1) is 0 Å². The van der Waals surface area contributed by atoms with Crippen LogP contribution in [0.4, 0.5) is 11.6 Å². The lowest BCUT2D eigenvalue weighted by molar-refractivity contribution is 0.0517. The minimum atomic E-state index is -0.463. The summed E-state index contributed by atoms with van der Waals surface area (Å²) in [5, 5.41) is 1.31. The summed E-state index contributed by atoms with van der Waals surface area (Å²) in [6.45, 7) is 4.08. The first-order valence-electron chi connectivity index (χ1n) is 11.6. The summed E-state index contributed by atoms with van der Waals surface area (Å²) in [5.41, 5.74) is 15.2. The molecule has 0 saturated carbocycles. The van der Waals surface area contributed by atoms with Gasteiger partial charge in [-0.3, -0.25) is 0 Å². The standard InChI is InChI=1S/2C14H13ClN2O2/c2*1-2-19-14(18)11-7-8-12(17-13(11)16)9-3-5-10(15)6-4-9/h2*3-8H,2H2,1H3,(H2,16,17). The third-order valence-corrected chi connectivity index (χ3v) is 5.62. The van der Waals surface area contributed by atoms with Crippen molar-refractivity contribution in [3.8, 4) is 22.5 Å². The number of ether oxygens (including phenoxy) is 2. The van der Waals surface area contributed by atoms with Crippen LogP contribution in [0.3, 0.4) is 0 Å². The first-order valence-corrected chi connectivity index (χ1v) is 12.4. The summed E-state index contributed by atoms with van der Waals surface area (Å²) in [4.78, 5) is 31.6. The van der Waals surface area contributed by atoms with Crippen molar-refractivity contribution in [1.82, 2.24) is 9.97 Å². The maximum absolute atomic E-state index is 11.6. The molecule has 8 nitrogen and oxygen atoms in total. The highest BCUT2D eigenvalue weighted by Gasteiger charge is 2.14. The summed E-state index contributed by atoms with van der Waals surface area (Å²) in [7, 11) is 0. The molecule has 0 bridgehead atoms. The zero-order valence-electron chi connectivity index (χ0n) is 20.8. The number of hydrogen-bond donors (Lipinski definition) is 2. The number of pyridine rings is 2. The van der Waals surface area contributed by atoms with Crippen molar-refractivity contribution in [3.05, 3.63) is 94.0 Å². The summed E-state index contributed by atoms with van der Waals surface area (Å²) >= 11 is 11.7. The third kappa shape index (κ3) is 7.44. The normalized spacial score (nSPS) is 10.2. The number of anilines is 2. The second-order valence-corrected chi connectivity index (χ2v) is 8.59. The van der Waals surface area contributed by atoms with Gasteiger partial charge in [0.1, 0.15) is 22.8 Å². The molecule has 0 saturated heterocycles. The minimum Gasteiger partial charge on any atom is -0.462 e. The average molecular weight is 553 g/mol. The Balaban J connectivity index is 0.000000211. The van der Waals surface area contributed by atoms with E-state index >= 15 is 0 Å². The Labute approximate surface area is 230 Å². The molecule has 0 aliphatic heterocycles. The van der Waals surface area contributed by atoms with Crippen LogP contribution in [0, 0.1) is 0 Å². The molecule has 0 fully saturated rings. The Bertz CT molecular complexity index is 1300. The van der Waals surface area contributed by atoms with E-state index in [0.717, 1.165) is 11.1 Å². The summed E-state index contributed by atoms with van der Waals surface area (Å²) in [6.07, 6.45) is 0. The molecule has 0 amide bonds. The molecule has 0 spiro atoms. The van der Waals surface area contributed by atoms with Gasteiger partial charge in [-0.25, -0.2) is 19.6 Å². The number of benzene rings is 2. The van der Waals surface area contributed by atoms with Crippen LogP contribution in [-0.2, 0) is 9.47 Å². The molecule has 4 aromatic rings. The van der Waals surface area contributed by atoms with Crippen LogP contribution >= 0.6 is 23.2 Å². The predicted octanol–water partition coefficient (Wildman–Crippen LogP) is 6.32. The Morgan fingerprint density at radius 1 is 0.632 bits per heavy atom. The lowest BCUT2D eigenvalue weighted by Crippen LogP contribution is -2.09. The van der Waals surface area contributed by atoms with E-state index in [1.165, 1.54) is 0 Å². The highest BCUT2D eigenvalue weighted by molar-refractivity contribution is 6.30. The van der Waals surface area contributed by atoms with E-state index in [1.807, 2.05) is 24.3 Å². The summed E-state index contributed by atoms with van der Waals surface area (Å²) < 4.78 is 9.79. The minimum absolute atomic E-state index is 0.158. The number of halogens is 2. The molecule has 38 heavy (non-hydrogen) atoms. The van der Waals surface area contributed by atoms with Crippen LogP contribution in [0.1, 0.15) is 34.6 Å². The molecular weight excluding hydrogens is 527 g/mol. The van der Waals surface area contributed by atoms with Gasteiger partial charge >= 0.3 is 11.9 Å². The number of nitrogens with two attached hydrogens (primary N) is 2. The number of esters is 2. The SMILES string of the molecule is CCOC(=O)c1ccc(-c2ccc(Cl)cc2)nc1N.CCOC(=O)c1ccc(-c2ccc(Cl)cc2)nc1N. The average Bonchev–Trinajstić information content (AvgIpc) is 2.90. The van der Waals surface area contributed by atoms with Gasteiger partial charge < -0.3 is 20.9 Å². The lowest BCUT2D eigenvalue weighted by atomic mass is 10.1. The Morgan fingerprint density at radius 3 is 1.26 bits per heavy atom.